The van der Waals surface area contributed by atoms with Crippen molar-refractivity contribution in [1.82, 2.24) is 15.5 Å². The number of nitrogens with one attached hydrogen (secondary N) is 2. The van der Waals surface area contributed by atoms with E-state index in [1.54, 1.807) is 44.7 Å². The van der Waals surface area contributed by atoms with Gasteiger partial charge in [0.05, 0.1) is 0 Å². The lowest BCUT2D eigenvalue weighted by Crippen LogP contribution is -2.56. The van der Waals surface area contributed by atoms with Crippen LogP contribution >= 0.6 is 12.6 Å². The molecule has 3 unspecified atom stereocenters. The fourth-order valence-corrected chi connectivity index (χ4v) is 4.54. The van der Waals surface area contributed by atoms with Gasteiger partial charge in [-0.2, -0.15) is 12.6 Å². The van der Waals surface area contributed by atoms with Crippen LogP contribution in [0.15, 0.2) is 48.5 Å². The van der Waals surface area contributed by atoms with Crippen LogP contribution in [0, 0.1) is 12.8 Å². The first-order valence-corrected chi connectivity index (χ1v) is 14.4. The van der Waals surface area contributed by atoms with Crippen molar-refractivity contribution in [2.45, 2.75) is 91.6 Å². The molecule has 0 aliphatic rings. The maximum Gasteiger partial charge on any atom is 0.408 e. The molecule has 9 heteroatoms. The number of alkyl carbamates (subject to hydrolysis) is 1. The van der Waals surface area contributed by atoms with Gasteiger partial charge in [0, 0.05) is 18.3 Å². The van der Waals surface area contributed by atoms with Crippen molar-refractivity contribution < 1.29 is 24.2 Å². The van der Waals surface area contributed by atoms with Gasteiger partial charge in [0.15, 0.2) is 0 Å². The van der Waals surface area contributed by atoms with E-state index in [0.29, 0.717) is 23.5 Å². The molecule has 40 heavy (non-hydrogen) atoms. The lowest BCUT2D eigenvalue weighted by molar-refractivity contribution is -0.144. The van der Waals surface area contributed by atoms with Crippen LogP contribution in [0.25, 0.3) is 0 Å². The number of thiol groups is 1. The van der Waals surface area contributed by atoms with Crippen LogP contribution in [0.1, 0.15) is 77.1 Å². The van der Waals surface area contributed by atoms with Crippen LogP contribution in [0.2, 0.25) is 0 Å². The molecule has 3 amide bonds. The average molecular weight is 572 g/mol. The number of amides is 3. The Labute approximate surface area is 244 Å². The zero-order valence-corrected chi connectivity index (χ0v) is 25.6. The van der Waals surface area contributed by atoms with Gasteiger partial charge in [0.25, 0.3) is 0 Å². The fraction of sp³-hybridized carbons (Fsp3) is 0.516. The van der Waals surface area contributed by atoms with E-state index in [2.05, 4.69) is 37.1 Å². The van der Waals surface area contributed by atoms with E-state index in [4.69, 9.17) is 4.74 Å². The van der Waals surface area contributed by atoms with E-state index in [-0.39, 0.29) is 30.0 Å². The van der Waals surface area contributed by atoms with E-state index in [9.17, 15) is 19.5 Å². The first-order chi connectivity index (χ1) is 18.7. The fourth-order valence-electron chi connectivity index (χ4n) is 4.30. The number of phenolic OH excluding ortho intramolecular Hbond substituents is 1. The summed E-state index contributed by atoms with van der Waals surface area (Å²) in [5.74, 6) is -0.311. The molecule has 3 N–H and O–H groups in total. The lowest BCUT2D eigenvalue weighted by atomic mass is 9.96. The molecule has 0 saturated heterocycles. The SMILES string of the molecule is Cc1cc(C(C(=O)NCc2ccccc2)N(C(=O)C(CS)NC(=O)OC(C)(C)C)C(C)CCC(C)C)ccc1O. The Morgan fingerprint density at radius 1 is 1.02 bits per heavy atom. The number of ether oxygens (including phenoxy) is 1. The molecule has 0 heterocycles. The first kappa shape index (κ1) is 33.0. The molecule has 0 aliphatic carbocycles. The highest BCUT2D eigenvalue weighted by atomic mass is 32.1. The first-order valence-electron chi connectivity index (χ1n) is 13.8. The van der Waals surface area contributed by atoms with Gasteiger partial charge >= 0.3 is 6.09 Å². The average Bonchev–Trinajstić information content (AvgIpc) is 2.88. The normalized spacial score (nSPS) is 13.7. The molecule has 0 spiro atoms. The number of carbonyl (C=O) groups excluding carboxylic acids is 3. The topological polar surface area (TPSA) is 108 Å². The van der Waals surface area contributed by atoms with Crippen LogP contribution in [-0.2, 0) is 20.9 Å². The number of aromatic hydroxyl groups is 1. The van der Waals surface area contributed by atoms with E-state index < -0.39 is 29.7 Å². The van der Waals surface area contributed by atoms with Crippen LogP contribution in [0.5, 0.6) is 5.75 Å². The number of hydrogen-bond acceptors (Lipinski definition) is 6. The molecule has 2 rings (SSSR count). The van der Waals surface area contributed by atoms with Gasteiger partial charge in [-0.25, -0.2) is 4.79 Å². The second-order valence-corrected chi connectivity index (χ2v) is 12.0. The second kappa shape index (κ2) is 15.0. The third-order valence-corrected chi connectivity index (χ3v) is 6.80. The molecule has 3 atom stereocenters. The number of hydrogen-bond donors (Lipinski definition) is 4. The standard InChI is InChI=1S/C31H45N3O5S/c1-20(2)13-14-22(4)34(29(37)25(19-40)33-30(38)39-31(5,6)7)27(24-15-16-26(35)21(3)17-24)28(36)32-18-23-11-9-8-10-12-23/h8-12,15-17,20,22,25,27,35,40H,13-14,18-19H2,1-7H3,(H,32,36)(H,33,38). The molecule has 0 saturated carbocycles. The highest BCUT2D eigenvalue weighted by molar-refractivity contribution is 7.80. The maximum atomic E-state index is 14.2. The molecule has 0 radical (unpaired) electrons. The lowest BCUT2D eigenvalue weighted by Gasteiger charge is -2.38. The summed E-state index contributed by atoms with van der Waals surface area (Å²) in [6.07, 6.45) is 0.748. The van der Waals surface area contributed by atoms with Gasteiger partial charge in [0.1, 0.15) is 23.4 Å². The molecule has 220 valence electrons. The Kier molecular flexibility index (Phi) is 12.4. The Morgan fingerprint density at radius 3 is 2.23 bits per heavy atom. The molecule has 2 aromatic rings. The van der Waals surface area contributed by atoms with Crippen molar-refractivity contribution in [3.63, 3.8) is 0 Å². The van der Waals surface area contributed by atoms with Crippen LogP contribution in [0.4, 0.5) is 4.79 Å². The zero-order chi connectivity index (χ0) is 30.0. The van der Waals surface area contributed by atoms with E-state index >= 15 is 0 Å². The Hall–Kier alpha value is -3.20. The largest absolute Gasteiger partial charge is 0.508 e. The van der Waals surface area contributed by atoms with Crippen molar-refractivity contribution in [2.75, 3.05) is 5.75 Å². The second-order valence-electron chi connectivity index (χ2n) is 11.6. The summed E-state index contributed by atoms with van der Waals surface area (Å²) in [7, 11) is 0. The molecule has 0 aromatic heterocycles. The van der Waals surface area contributed by atoms with Crippen LogP contribution in [0.3, 0.4) is 0 Å². The van der Waals surface area contributed by atoms with Gasteiger partial charge in [-0.15, -0.1) is 0 Å². The number of carbonyl (C=O) groups is 3. The smallest absolute Gasteiger partial charge is 0.408 e. The molecule has 8 nitrogen and oxygen atoms in total. The third-order valence-electron chi connectivity index (χ3n) is 6.44. The monoisotopic (exact) mass is 571 g/mol. The van der Waals surface area contributed by atoms with Crippen molar-refractivity contribution in [3.8, 4) is 5.75 Å². The third kappa shape index (κ3) is 10.1. The number of phenols is 1. The quantitative estimate of drug-likeness (QED) is 0.251. The zero-order valence-electron chi connectivity index (χ0n) is 24.7. The van der Waals surface area contributed by atoms with Gasteiger partial charge in [-0.1, -0.05) is 50.2 Å². The summed E-state index contributed by atoms with van der Waals surface area (Å²) in [6.45, 7) is 13.4. The number of rotatable bonds is 12. The molecule has 0 aliphatic heterocycles. The van der Waals surface area contributed by atoms with Crippen molar-refractivity contribution >= 4 is 30.5 Å². The van der Waals surface area contributed by atoms with Crippen molar-refractivity contribution in [2.24, 2.45) is 5.92 Å². The van der Waals surface area contributed by atoms with E-state index in [1.165, 1.54) is 6.07 Å². The van der Waals surface area contributed by atoms with Gasteiger partial charge in [0.2, 0.25) is 11.8 Å². The Morgan fingerprint density at radius 2 is 1.68 bits per heavy atom. The number of benzene rings is 2. The molecule has 0 bridgehead atoms. The molecule has 0 fully saturated rings. The summed E-state index contributed by atoms with van der Waals surface area (Å²) < 4.78 is 5.39. The van der Waals surface area contributed by atoms with Crippen LogP contribution in [-0.4, -0.2) is 51.4 Å². The predicted octanol–water partition coefficient (Wildman–Crippen LogP) is 5.53. The Balaban J connectivity index is 2.53. The van der Waals surface area contributed by atoms with Crippen LogP contribution < -0.4 is 10.6 Å². The summed E-state index contributed by atoms with van der Waals surface area (Å²) in [6, 6.07) is 12.0. The highest BCUT2D eigenvalue weighted by Crippen LogP contribution is 2.30. The number of nitrogens with zero attached hydrogens (tertiary/aromatic N) is 1. The number of aryl methyl sites for hydroxylation is 1. The Bertz CT molecular complexity index is 1130. The summed E-state index contributed by atoms with van der Waals surface area (Å²) >= 11 is 4.36. The van der Waals surface area contributed by atoms with Gasteiger partial charge in [-0.3, -0.25) is 9.59 Å². The minimum absolute atomic E-state index is 0.0123. The van der Waals surface area contributed by atoms with Crippen molar-refractivity contribution in [1.29, 1.82) is 0 Å². The minimum Gasteiger partial charge on any atom is -0.508 e. The van der Waals surface area contributed by atoms with Gasteiger partial charge < -0.3 is 25.4 Å². The molecular weight excluding hydrogens is 526 g/mol. The highest BCUT2D eigenvalue weighted by Gasteiger charge is 2.38. The summed E-state index contributed by atoms with van der Waals surface area (Å²) in [4.78, 5) is 42.3. The van der Waals surface area contributed by atoms with E-state index in [1.807, 2.05) is 37.3 Å². The maximum absolute atomic E-state index is 14.2. The van der Waals surface area contributed by atoms with E-state index in [0.717, 1.165) is 12.0 Å². The molecule has 2 aromatic carbocycles. The summed E-state index contributed by atoms with van der Waals surface area (Å²) in [5, 5.41) is 15.8. The minimum atomic E-state index is -1.03. The molecular formula is C31H45N3O5S. The predicted molar refractivity (Wildman–Crippen MR) is 161 cm³/mol. The van der Waals surface area contributed by atoms with Gasteiger partial charge in [-0.05, 0) is 82.2 Å². The van der Waals surface area contributed by atoms with Crippen molar-refractivity contribution in [3.05, 3.63) is 65.2 Å². The summed E-state index contributed by atoms with van der Waals surface area (Å²) in [5.41, 5.74) is 1.31.